The van der Waals surface area contributed by atoms with E-state index in [1.54, 1.807) is 24.3 Å². The summed E-state index contributed by atoms with van der Waals surface area (Å²) in [5.74, 6) is -0.176. The maximum absolute atomic E-state index is 12.2. The van der Waals surface area contributed by atoms with Gasteiger partial charge in [-0.15, -0.1) is 0 Å². The van der Waals surface area contributed by atoms with Crippen LogP contribution in [-0.4, -0.2) is 33.0 Å². The Morgan fingerprint density at radius 1 is 1.00 bits per heavy atom. The molecule has 0 saturated carbocycles. The van der Waals surface area contributed by atoms with Gasteiger partial charge >= 0.3 is 5.97 Å². The number of ether oxygens (including phenoxy) is 2. The molecule has 1 amide bonds. The van der Waals surface area contributed by atoms with E-state index in [0.717, 1.165) is 0 Å². The highest BCUT2D eigenvalue weighted by Gasteiger charge is 2.19. The van der Waals surface area contributed by atoms with Crippen LogP contribution in [0.25, 0.3) is 0 Å². The molecular weight excluding hydrogens is 396 g/mol. The lowest BCUT2D eigenvalue weighted by atomic mass is 10.2. The van der Waals surface area contributed by atoms with Gasteiger partial charge in [0.15, 0.2) is 6.10 Å². The highest BCUT2D eigenvalue weighted by atomic mass is 32.2. The van der Waals surface area contributed by atoms with E-state index >= 15 is 0 Å². The minimum absolute atomic E-state index is 0.0733. The maximum Gasteiger partial charge on any atom is 0.338 e. The molecule has 0 unspecified atom stereocenters. The molecule has 0 aliphatic rings. The summed E-state index contributed by atoms with van der Waals surface area (Å²) >= 11 is 0. The predicted molar refractivity (Wildman–Crippen MR) is 108 cm³/mol. The van der Waals surface area contributed by atoms with Crippen LogP contribution in [0.2, 0.25) is 0 Å². The molecule has 0 spiro atoms. The zero-order valence-electron chi connectivity index (χ0n) is 16.4. The Kier molecular flexibility index (Phi) is 7.35. The van der Waals surface area contributed by atoms with Crippen LogP contribution < -0.4 is 15.2 Å². The molecule has 29 heavy (non-hydrogen) atoms. The van der Waals surface area contributed by atoms with Crippen LogP contribution in [0.15, 0.2) is 53.4 Å². The van der Waals surface area contributed by atoms with Crippen molar-refractivity contribution in [1.82, 2.24) is 0 Å². The van der Waals surface area contributed by atoms with E-state index in [2.05, 4.69) is 5.32 Å². The van der Waals surface area contributed by atoms with Crippen LogP contribution in [0, 0.1) is 5.92 Å². The summed E-state index contributed by atoms with van der Waals surface area (Å²) in [6.45, 7) is 6.07. The van der Waals surface area contributed by atoms with Gasteiger partial charge in [0.1, 0.15) is 5.75 Å². The van der Waals surface area contributed by atoms with Crippen LogP contribution in [0.4, 0.5) is 5.69 Å². The molecule has 2 rings (SSSR count). The Bertz CT molecular complexity index is 953. The molecule has 0 radical (unpaired) electrons. The van der Waals surface area contributed by atoms with Gasteiger partial charge in [0, 0.05) is 5.69 Å². The molecule has 0 bridgehead atoms. The van der Waals surface area contributed by atoms with E-state index in [9.17, 15) is 18.0 Å². The van der Waals surface area contributed by atoms with Gasteiger partial charge in [-0.05, 0) is 61.4 Å². The Labute approximate surface area is 170 Å². The summed E-state index contributed by atoms with van der Waals surface area (Å²) < 4.78 is 33.2. The Morgan fingerprint density at radius 3 is 2.10 bits per heavy atom. The average Bonchev–Trinajstić information content (AvgIpc) is 2.66. The summed E-state index contributed by atoms with van der Waals surface area (Å²) in [6, 6.07) is 11.8. The smallest absolute Gasteiger partial charge is 0.338 e. The molecule has 2 aromatic rings. The molecule has 0 aromatic heterocycles. The molecule has 2 aromatic carbocycles. The predicted octanol–water partition coefficient (Wildman–Crippen LogP) is 2.55. The third-order valence-electron chi connectivity index (χ3n) is 3.78. The number of sulfonamides is 1. The van der Waals surface area contributed by atoms with Crippen LogP contribution in [0.5, 0.6) is 5.75 Å². The Morgan fingerprint density at radius 2 is 1.59 bits per heavy atom. The number of rotatable bonds is 8. The van der Waals surface area contributed by atoms with Gasteiger partial charge in [-0.1, -0.05) is 13.8 Å². The lowest BCUT2D eigenvalue weighted by molar-refractivity contribution is -0.123. The van der Waals surface area contributed by atoms with Crippen molar-refractivity contribution in [2.24, 2.45) is 11.1 Å². The van der Waals surface area contributed by atoms with E-state index in [0.29, 0.717) is 29.5 Å². The van der Waals surface area contributed by atoms with Gasteiger partial charge in [-0.25, -0.2) is 18.4 Å². The minimum atomic E-state index is -3.81. The quantitative estimate of drug-likeness (QED) is 0.632. The molecular formula is C20H24N2O6S. The van der Waals surface area contributed by atoms with E-state index in [-0.39, 0.29) is 4.90 Å². The normalized spacial score (nSPS) is 12.3. The van der Waals surface area contributed by atoms with Crippen molar-refractivity contribution >= 4 is 27.6 Å². The third kappa shape index (κ3) is 6.88. The van der Waals surface area contributed by atoms with Crippen molar-refractivity contribution in [3.63, 3.8) is 0 Å². The number of carbonyl (C=O) groups excluding carboxylic acids is 2. The lowest BCUT2D eigenvalue weighted by Gasteiger charge is -2.14. The first kappa shape index (κ1) is 22.4. The fourth-order valence-electron chi connectivity index (χ4n) is 2.20. The molecule has 156 valence electrons. The summed E-state index contributed by atoms with van der Waals surface area (Å²) in [4.78, 5) is 24.4. The Balaban J connectivity index is 1.92. The second-order valence-electron chi connectivity index (χ2n) is 6.84. The number of carbonyl (C=O) groups is 2. The molecule has 0 aliphatic heterocycles. The Hall–Kier alpha value is -2.91. The van der Waals surface area contributed by atoms with Crippen molar-refractivity contribution in [3.05, 3.63) is 54.1 Å². The number of esters is 1. The maximum atomic E-state index is 12.2. The van der Waals surface area contributed by atoms with Gasteiger partial charge < -0.3 is 14.8 Å². The number of benzene rings is 2. The van der Waals surface area contributed by atoms with E-state index in [1.807, 2.05) is 13.8 Å². The first-order valence-corrected chi connectivity index (χ1v) is 10.5. The average molecular weight is 420 g/mol. The van der Waals surface area contributed by atoms with Gasteiger partial charge in [0.2, 0.25) is 10.0 Å². The molecule has 3 N–H and O–H groups in total. The van der Waals surface area contributed by atoms with E-state index < -0.39 is 28.0 Å². The number of amides is 1. The molecule has 0 saturated heterocycles. The van der Waals surface area contributed by atoms with Crippen LogP contribution in [0.3, 0.4) is 0 Å². The highest BCUT2D eigenvalue weighted by molar-refractivity contribution is 7.89. The number of hydrogen-bond acceptors (Lipinski definition) is 6. The van der Waals surface area contributed by atoms with E-state index in [4.69, 9.17) is 14.6 Å². The highest BCUT2D eigenvalue weighted by Crippen LogP contribution is 2.16. The topological polar surface area (TPSA) is 125 Å². The lowest BCUT2D eigenvalue weighted by Crippen LogP contribution is -2.30. The van der Waals surface area contributed by atoms with Crippen LogP contribution in [-0.2, 0) is 19.6 Å². The first-order valence-electron chi connectivity index (χ1n) is 8.94. The van der Waals surface area contributed by atoms with Gasteiger partial charge in [-0.3, -0.25) is 4.79 Å². The monoisotopic (exact) mass is 420 g/mol. The van der Waals surface area contributed by atoms with Gasteiger partial charge in [-0.2, -0.15) is 0 Å². The standard InChI is InChI=1S/C20H24N2O6S/c1-13(2)12-27-17-8-4-15(5-9-17)20(24)28-14(3)19(23)22-16-6-10-18(11-7-16)29(21,25)26/h4-11,13-14H,12H2,1-3H3,(H,22,23)(H2,21,25,26)/t14-/m0/s1. The molecule has 0 fully saturated rings. The number of hydrogen-bond donors (Lipinski definition) is 2. The zero-order chi connectivity index (χ0) is 21.6. The summed E-state index contributed by atoms with van der Waals surface area (Å²) in [5.41, 5.74) is 0.635. The molecule has 8 nitrogen and oxygen atoms in total. The first-order chi connectivity index (χ1) is 13.6. The van der Waals surface area contributed by atoms with Crippen LogP contribution >= 0.6 is 0 Å². The second kappa shape index (κ2) is 9.53. The third-order valence-corrected chi connectivity index (χ3v) is 4.71. The fourth-order valence-corrected chi connectivity index (χ4v) is 2.72. The number of nitrogens with one attached hydrogen (secondary N) is 1. The minimum Gasteiger partial charge on any atom is -0.493 e. The van der Waals surface area contributed by atoms with E-state index in [1.165, 1.54) is 31.2 Å². The molecule has 1 atom stereocenters. The number of anilines is 1. The largest absolute Gasteiger partial charge is 0.493 e. The van der Waals surface area contributed by atoms with Crippen molar-refractivity contribution in [2.75, 3.05) is 11.9 Å². The fraction of sp³-hybridized carbons (Fsp3) is 0.300. The molecule has 0 heterocycles. The number of nitrogens with two attached hydrogens (primary N) is 1. The zero-order valence-corrected chi connectivity index (χ0v) is 17.2. The van der Waals surface area contributed by atoms with Crippen molar-refractivity contribution in [1.29, 1.82) is 0 Å². The van der Waals surface area contributed by atoms with Crippen molar-refractivity contribution in [2.45, 2.75) is 31.8 Å². The molecule has 9 heteroatoms. The van der Waals surface area contributed by atoms with Crippen molar-refractivity contribution < 1.29 is 27.5 Å². The van der Waals surface area contributed by atoms with Gasteiger partial charge in [0.05, 0.1) is 17.1 Å². The summed E-state index contributed by atoms with van der Waals surface area (Å²) in [7, 11) is -3.81. The number of primary sulfonamides is 1. The van der Waals surface area contributed by atoms with Crippen LogP contribution in [0.1, 0.15) is 31.1 Å². The van der Waals surface area contributed by atoms with Gasteiger partial charge in [0.25, 0.3) is 5.91 Å². The second-order valence-corrected chi connectivity index (χ2v) is 8.40. The summed E-state index contributed by atoms with van der Waals surface area (Å²) in [6.07, 6.45) is -1.06. The van der Waals surface area contributed by atoms with Crippen molar-refractivity contribution in [3.8, 4) is 5.75 Å². The molecule has 0 aliphatic carbocycles. The SMILES string of the molecule is CC(C)COc1ccc(C(=O)O[C@@H](C)C(=O)Nc2ccc(S(N)(=O)=O)cc2)cc1. The summed E-state index contributed by atoms with van der Waals surface area (Å²) in [5, 5.41) is 7.57.